The first-order valence-electron chi connectivity index (χ1n) is 40.4. The maximum Gasteiger partial charge on any atom is 1.00 e. The number of quaternary nitrogens is 1. The van der Waals surface area contributed by atoms with E-state index in [1.807, 2.05) is 149 Å². The summed E-state index contributed by atoms with van der Waals surface area (Å²) in [5.41, 5.74) is 2.31. The third-order valence-electron chi connectivity index (χ3n) is 20.9. The van der Waals surface area contributed by atoms with E-state index in [0.717, 1.165) is 96.5 Å². The number of aromatic hydroxyl groups is 2. The number of carboxylic acids is 2. The largest absolute Gasteiger partial charge is 1.00 e. The van der Waals surface area contributed by atoms with Crippen LogP contribution in [0.25, 0.3) is 0 Å². The van der Waals surface area contributed by atoms with Crippen LogP contribution in [-0.2, 0) is 39.1 Å². The van der Waals surface area contributed by atoms with Crippen molar-refractivity contribution in [3.05, 3.63) is 261 Å². The quantitative estimate of drug-likeness (QED) is 0.0172. The van der Waals surface area contributed by atoms with Gasteiger partial charge in [0.2, 0.25) is 5.91 Å². The minimum Gasteiger partial charge on any atom is -1.00 e. The summed E-state index contributed by atoms with van der Waals surface area (Å²) in [4.78, 5) is 40.3. The molecule has 0 aliphatic carbocycles. The molecule has 8 rings (SSSR count). The second-order valence-electron chi connectivity index (χ2n) is 31.9. The van der Waals surface area contributed by atoms with E-state index in [4.69, 9.17) is 24.8 Å². The van der Waals surface area contributed by atoms with E-state index in [1.54, 1.807) is 4.90 Å². The van der Waals surface area contributed by atoms with Gasteiger partial charge >= 0.3 is 49.5 Å². The zero-order chi connectivity index (χ0) is 91.4. The maximum atomic E-state index is 13.4. The predicted octanol–water partition coefficient (Wildman–Crippen LogP) is 15.4. The van der Waals surface area contributed by atoms with Gasteiger partial charge in [0.25, 0.3) is 0 Å². The molecule has 0 bridgehead atoms. The smallest absolute Gasteiger partial charge is 1.00 e. The number of ether oxygens (including phenoxy) is 2. The van der Waals surface area contributed by atoms with Crippen LogP contribution < -0.4 is 38.3 Å². The standard InChI is InChI=1S/C23H28F3NO2.C23H30F3NO.2C22H28F3NO.C4H6O6.Al.Li.4H/c1-15(2)27(16(3)4)22(28)14-19(17-9-7-6-8-10-17)20-13-18(23(24,25)26)11-12-21(20)29-5;1-16(2)27(17(3)4)14-13-20(18-9-7-6-8-10-18)21-15-19(23(24,25)26)11-12-22(21)28-5;2*1-15(2)26(16(3)4)13-12-19(17-8-6-5-7-9-17)20-14-18(22(23,24)25)10-11-21(20)27;5-1(3(7)8)2(6)4(9)10;;;;;;/h6-13,15-16,19H,14H2,1-5H3;6-12,15-17,20H,13-14H2,1-5H3;2*5-11,14-16,19,27H,12-13H2,1-4H3;1-2,5-6H,(H,7,8)(H,9,10);;;;;;/q;;;;;;+1;;;;-1/t;;;;1-,2-;;;;;;/m....1....../s1. The molecular formula is C94H124AlF12LiN4O11. The minimum absolute atomic E-state index is 0. The third-order valence-corrected chi connectivity index (χ3v) is 20.9. The van der Waals surface area contributed by atoms with Gasteiger partial charge in [0.05, 0.1) is 61.1 Å². The van der Waals surface area contributed by atoms with Gasteiger partial charge in [-0.05, 0) is 232 Å². The Labute approximate surface area is 741 Å². The van der Waals surface area contributed by atoms with E-state index in [2.05, 4.69) is 92.9 Å². The average Bonchev–Trinajstić information content (AvgIpc) is 0.814. The fraction of sp³-hybridized carbons (Fsp3) is 0.457. The van der Waals surface area contributed by atoms with Gasteiger partial charge in [-0.2, -0.15) is 52.7 Å². The summed E-state index contributed by atoms with van der Waals surface area (Å²) in [6.07, 6.45) is -20.4. The van der Waals surface area contributed by atoms with Crippen molar-refractivity contribution in [2.75, 3.05) is 33.9 Å². The number of carbonyl (C=O) groups is 3. The van der Waals surface area contributed by atoms with E-state index in [0.29, 0.717) is 89.3 Å². The number of amides is 1. The first kappa shape index (κ1) is 111. The van der Waals surface area contributed by atoms with Crippen LogP contribution in [0.4, 0.5) is 52.7 Å². The van der Waals surface area contributed by atoms with Crippen molar-refractivity contribution in [2.24, 2.45) is 0 Å². The fourth-order valence-electron chi connectivity index (χ4n) is 15.1. The fourth-order valence-corrected chi connectivity index (χ4v) is 15.1. The van der Waals surface area contributed by atoms with Crippen molar-refractivity contribution in [1.29, 1.82) is 0 Å². The molecule has 0 aliphatic rings. The van der Waals surface area contributed by atoms with Gasteiger partial charge in [0, 0.05) is 95.0 Å². The monoisotopic (exact) mass is 1750 g/mol. The Morgan fingerprint density at radius 1 is 0.398 bits per heavy atom. The number of phenolic OH excluding ortho intramolecular Hbond substituents is 2. The van der Waals surface area contributed by atoms with Crippen LogP contribution in [0.2, 0.25) is 0 Å². The molecule has 15 nitrogen and oxygen atoms in total. The number of halogens is 12. The van der Waals surface area contributed by atoms with Gasteiger partial charge < -0.3 is 56.1 Å². The van der Waals surface area contributed by atoms with E-state index in [1.165, 1.54) is 37.3 Å². The van der Waals surface area contributed by atoms with E-state index >= 15 is 0 Å². The molecule has 1 amide bonds. The number of aliphatic carboxylic acids is 2. The molecule has 6 atom stereocenters. The zero-order valence-electron chi connectivity index (χ0n) is 74.1. The maximum absolute atomic E-state index is 13.4. The van der Waals surface area contributed by atoms with Crippen molar-refractivity contribution in [3.63, 3.8) is 0 Å². The van der Waals surface area contributed by atoms with Gasteiger partial charge in [0.1, 0.15) is 29.1 Å². The number of nitrogens with zero attached hydrogens (tertiary/aromatic N) is 3. The number of methoxy groups -OCH3 is 2. The van der Waals surface area contributed by atoms with Gasteiger partial charge in [-0.15, -0.1) is 0 Å². The van der Waals surface area contributed by atoms with Gasteiger partial charge in [-0.3, -0.25) is 14.6 Å². The topological polar surface area (TPSA) is 208 Å². The molecule has 0 aromatic heterocycles. The third kappa shape index (κ3) is 34.4. The average molecular weight is 1750 g/mol. The van der Waals surface area contributed by atoms with Crippen molar-refractivity contribution in [1.82, 2.24) is 14.7 Å². The second-order valence-corrected chi connectivity index (χ2v) is 31.9. The molecule has 8 aromatic carbocycles. The van der Waals surface area contributed by atoms with Crippen molar-refractivity contribution in [3.8, 4) is 23.0 Å². The Balaban J connectivity index is 0.000000790. The van der Waals surface area contributed by atoms with Gasteiger partial charge in [0.15, 0.2) is 23.5 Å². The summed E-state index contributed by atoms with van der Waals surface area (Å²) >= 11 is 0. The second kappa shape index (κ2) is 51.2. The normalized spacial score (nSPS) is 13.3. The number of carboxylic acid groups (broad SMARTS) is 2. The van der Waals surface area contributed by atoms with Crippen molar-refractivity contribution < 1.29 is 132 Å². The number of benzene rings is 8. The Hall–Kier alpha value is -8.54. The molecule has 0 heterocycles. The first-order chi connectivity index (χ1) is 56.4. The number of phenols is 2. The molecule has 0 saturated carbocycles. The molecule has 674 valence electrons. The molecule has 0 spiro atoms. The molecular weight excluding hydrogens is 1620 g/mol. The van der Waals surface area contributed by atoms with Crippen LogP contribution in [0.1, 0.15) is 228 Å². The van der Waals surface area contributed by atoms with Crippen LogP contribution in [0.5, 0.6) is 23.0 Å². The van der Waals surface area contributed by atoms with Gasteiger partial charge in [-0.25, -0.2) is 4.79 Å². The number of aliphatic hydroxyl groups excluding tert-OH is 2. The van der Waals surface area contributed by atoms with Crippen LogP contribution in [0.15, 0.2) is 194 Å². The molecule has 0 radical (unpaired) electrons. The number of hydrogen-bond acceptors (Lipinski definition) is 12. The summed E-state index contributed by atoms with van der Waals surface area (Å²) in [7, 11) is 2.92. The summed E-state index contributed by atoms with van der Waals surface area (Å²) in [5.74, 6) is -4.64. The summed E-state index contributed by atoms with van der Waals surface area (Å²) in [5, 5.41) is 54.8. The molecule has 123 heavy (non-hydrogen) atoms. The van der Waals surface area contributed by atoms with E-state index in [-0.39, 0.29) is 91.3 Å². The molecule has 8 aromatic rings. The SMILES string of the molecule is CC(C)N(CCC(c1ccccc1)c1cc(C(F)(F)F)ccc1O)C(C)C.CC(C)[NH+](CCC(c1ccccc1)c1cc(C(F)(F)F)ccc1O)C(C)C.COc1ccc(C(F)(F)F)cc1C(CC(=O)N(C(C)C)C(C)C)c1ccccc1.COc1ccc(C(F)(F)F)cc1C(CCN(C(C)C)C(C)C)c1ccccc1.O=C([O-])[C@H](O)[C@@H](O)C(=O)O.[AlH3].[H-].[Li+]. The number of aliphatic hydroxyl groups is 2. The van der Waals surface area contributed by atoms with Crippen LogP contribution >= 0.6 is 0 Å². The Morgan fingerprint density at radius 3 is 0.919 bits per heavy atom. The van der Waals surface area contributed by atoms with Crippen molar-refractivity contribution in [2.45, 2.75) is 245 Å². The molecule has 6 N–H and O–H groups in total. The van der Waals surface area contributed by atoms with E-state index in [9.17, 15) is 82.4 Å². The number of carbonyl (C=O) groups excluding carboxylic acids is 2. The zero-order valence-corrected chi connectivity index (χ0v) is 73.1. The first-order valence-corrected chi connectivity index (χ1v) is 40.4. The molecule has 0 fully saturated rings. The number of alkyl halides is 12. The van der Waals surface area contributed by atoms with Gasteiger partial charge in [-0.1, -0.05) is 121 Å². The summed E-state index contributed by atoms with van der Waals surface area (Å²) in [6.45, 7) is 35.6. The predicted molar refractivity (Wildman–Crippen MR) is 457 cm³/mol. The molecule has 4 unspecified atom stereocenters. The summed E-state index contributed by atoms with van der Waals surface area (Å²) in [6, 6.07) is 53.4. The van der Waals surface area contributed by atoms with Crippen LogP contribution in [0.3, 0.4) is 0 Å². The number of nitrogens with one attached hydrogen (secondary N) is 1. The molecule has 0 saturated heterocycles. The Bertz CT molecular complexity index is 4260. The van der Waals surface area contributed by atoms with Crippen LogP contribution in [-0.4, -0.2) is 170 Å². The molecule has 0 aliphatic heterocycles. The van der Waals surface area contributed by atoms with E-state index < -0.39 is 77.0 Å². The van der Waals surface area contributed by atoms with Crippen LogP contribution in [0, 0.1) is 0 Å². The Kier molecular flexibility index (Phi) is 46.0. The molecule has 29 heteroatoms. The Morgan fingerprint density at radius 2 is 0.667 bits per heavy atom. The summed E-state index contributed by atoms with van der Waals surface area (Å²) < 4.78 is 170. The minimum atomic E-state index is -4.48. The number of rotatable bonds is 32. The van der Waals surface area contributed by atoms with Crippen molar-refractivity contribution >= 4 is 35.2 Å². The number of hydrogen-bond donors (Lipinski definition) is 6.